The Morgan fingerprint density at radius 3 is 2.53 bits per heavy atom. The maximum Gasteiger partial charge on any atom is 0.168 e. The minimum Gasteiger partial charge on any atom is -0.368 e. The van der Waals surface area contributed by atoms with Crippen LogP contribution in [0.25, 0.3) is 0 Å². The summed E-state index contributed by atoms with van der Waals surface area (Å²) in [5.74, 6) is -1.07. The Balaban J connectivity index is 2.08. The van der Waals surface area contributed by atoms with Gasteiger partial charge < -0.3 is 15.5 Å². The van der Waals surface area contributed by atoms with E-state index in [9.17, 15) is 8.78 Å². The van der Waals surface area contributed by atoms with Crippen LogP contribution in [0.1, 0.15) is 19.8 Å². The number of anilines is 2. The van der Waals surface area contributed by atoms with Crippen LogP contribution in [-0.2, 0) is 0 Å². The average Bonchev–Trinajstić information content (AvgIpc) is 2.38. The van der Waals surface area contributed by atoms with E-state index in [1.807, 2.05) is 6.92 Å². The normalized spacial score (nSPS) is 17.5. The zero-order valence-corrected chi connectivity index (χ0v) is 11.3. The number of rotatable bonds is 4. The largest absolute Gasteiger partial charge is 0.368 e. The first-order chi connectivity index (χ1) is 9.10. The first kappa shape index (κ1) is 14.0. The standard InChI is InChI=1S/C13H20F2N4/c1-3-16-12-10(14)8-11(15)13(18-12)17-9-4-6-19(2)7-5-9/h8-9H,3-7H2,1-2H3,(H2,16,17,18). The molecule has 106 valence electrons. The fraction of sp³-hybridized carbons (Fsp3) is 0.615. The number of halogens is 2. The van der Waals surface area contributed by atoms with E-state index in [4.69, 9.17) is 0 Å². The molecule has 2 heterocycles. The van der Waals surface area contributed by atoms with Crippen LogP contribution in [0.4, 0.5) is 20.4 Å². The number of pyridine rings is 1. The Kier molecular flexibility index (Phi) is 4.52. The number of piperidine rings is 1. The van der Waals surface area contributed by atoms with E-state index >= 15 is 0 Å². The minimum atomic E-state index is -0.659. The molecule has 19 heavy (non-hydrogen) atoms. The van der Waals surface area contributed by atoms with Gasteiger partial charge in [-0.3, -0.25) is 0 Å². The second-order valence-electron chi connectivity index (χ2n) is 4.90. The van der Waals surface area contributed by atoms with Crippen LogP contribution in [-0.4, -0.2) is 42.6 Å². The highest BCUT2D eigenvalue weighted by Crippen LogP contribution is 2.21. The van der Waals surface area contributed by atoms with Crippen molar-refractivity contribution in [1.82, 2.24) is 9.88 Å². The van der Waals surface area contributed by atoms with Gasteiger partial charge in [0.2, 0.25) is 0 Å². The summed E-state index contributed by atoms with van der Waals surface area (Å²) in [4.78, 5) is 6.22. The van der Waals surface area contributed by atoms with Gasteiger partial charge in [0, 0.05) is 18.7 Å². The lowest BCUT2D eigenvalue weighted by atomic mass is 10.1. The van der Waals surface area contributed by atoms with E-state index in [1.54, 1.807) is 0 Å². The Bertz CT molecular complexity index is 431. The van der Waals surface area contributed by atoms with Crippen LogP contribution >= 0.6 is 0 Å². The molecular formula is C13H20F2N4. The van der Waals surface area contributed by atoms with Gasteiger partial charge in [0.05, 0.1) is 0 Å². The van der Waals surface area contributed by atoms with Crippen molar-refractivity contribution in [3.05, 3.63) is 17.7 Å². The molecule has 2 N–H and O–H groups in total. The summed E-state index contributed by atoms with van der Waals surface area (Å²) >= 11 is 0. The molecular weight excluding hydrogens is 250 g/mol. The highest BCUT2D eigenvalue weighted by molar-refractivity contribution is 5.48. The van der Waals surface area contributed by atoms with Crippen LogP contribution < -0.4 is 10.6 Å². The van der Waals surface area contributed by atoms with Gasteiger partial charge in [0.1, 0.15) is 0 Å². The van der Waals surface area contributed by atoms with Crippen LogP contribution in [0.5, 0.6) is 0 Å². The van der Waals surface area contributed by atoms with E-state index in [0.29, 0.717) is 6.54 Å². The van der Waals surface area contributed by atoms with E-state index in [0.717, 1.165) is 32.0 Å². The summed E-state index contributed by atoms with van der Waals surface area (Å²) in [5.41, 5.74) is 0. The summed E-state index contributed by atoms with van der Waals surface area (Å²) in [5, 5.41) is 5.86. The third kappa shape index (κ3) is 3.53. The number of nitrogens with one attached hydrogen (secondary N) is 2. The smallest absolute Gasteiger partial charge is 0.168 e. The van der Waals surface area contributed by atoms with Crippen LogP contribution in [0.3, 0.4) is 0 Å². The van der Waals surface area contributed by atoms with Crippen molar-refractivity contribution >= 4 is 11.6 Å². The molecule has 0 amide bonds. The monoisotopic (exact) mass is 270 g/mol. The van der Waals surface area contributed by atoms with Gasteiger partial charge in [0.15, 0.2) is 23.3 Å². The lowest BCUT2D eigenvalue weighted by Gasteiger charge is -2.29. The molecule has 1 aromatic heterocycles. The lowest BCUT2D eigenvalue weighted by molar-refractivity contribution is 0.263. The number of likely N-dealkylation sites (tertiary alicyclic amines) is 1. The quantitative estimate of drug-likeness (QED) is 0.880. The Hall–Kier alpha value is -1.43. The van der Waals surface area contributed by atoms with Gasteiger partial charge in [-0.25, -0.2) is 13.8 Å². The molecule has 0 unspecified atom stereocenters. The summed E-state index contributed by atoms with van der Waals surface area (Å²) in [6.07, 6.45) is 1.87. The molecule has 6 heteroatoms. The summed E-state index contributed by atoms with van der Waals surface area (Å²) < 4.78 is 27.1. The number of hydrogen-bond donors (Lipinski definition) is 2. The minimum absolute atomic E-state index is 0.0966. The van der Waals surface area contributed by atoms with E-state index in [1.165, 1.54) is 0 Å². The van der Waals surface area contributed by atoms with Crippen molar-refractivity contribution in [2.24, 2.45) is 0 Å². The van der Waals surface area contributed by atoms with Crippen molar-refractivity contribution in [3.63, 3.8) is 0 Å². The molecule has 0 atom stereocenters. The molecule has 1 saturated heterocycles. The SMILES string of the molecule is CCNc1nc(NC2CCN(C)CC2)c(F)cc1F. The molecule has 0 radical (unpaired) electrons. The lowest BCUT2D eigenvalue weighted by Crippen LogP contribution is -2.37. The predicted octanol–water partition coefficient (Wildman–Crippen LogP) is 2.30. The third-order valence-electron chi connectivity index (χ3n) is 3.33. The Morgan fingerprint density at radius 2 is 1.89 bits per heavy atom. The third-order valence-corrected chi connectivity index (χ3v) is 3.33. The van der Waals surface area contributed by atoms with Crippen LogP contribution in [0.2, 0.25) is 0 Å². The van der Waals surface area contributed by atoms with Crippen molar-refractivity contribution in [2.45, 2.75) is 25.8 Å². The van der Waals surface area contributed by atoms with E-state index in [2.05, 4.69) is 27.6 Å². The van der Waals surface area contributed by atoms with Crippen molar-refractivity contribution in [3.8, 4) is 0 Å². The summed E-state index contributed by atoms with van der Waals surface area (Å²) in [6.45, 7) is 4.33. The Morgan fingerprint density at radius 1 is 1.26 bits per heavy atom. The van der Waals surface area contributed by atoms with Crippen LogP contribution in [0, 0.1) is 11.6 Å². The Labute approximate surface area is 112 Å². The second-order valence-corrected chi connectivity index (χ2v) is 4.90. The highest BCUT2D eigenvalue weighted by Gasteiger charge is 2.19. The molecule has 1 aliphatic rings. The molecule has 4 nitrogen and oxygen atoms in total. The van der Waals surface area contributed by atoms with Crippen molar-refractivity contribution in [1.29, 1.82) is 0 Å². The van der Waals surface area contributed by atoms with Gasteiger partial charge in [-0.15, -0.1) is 0 Å². The van der Waals surface area contributed by atoms with Crippen molar-refractivity contribution < 1.29 is 8.78 Å². The number of aromatic nitrogens is 1. The van der Waals surface area contributed by atoms with E-state index < -0.39 is 11.6 Å². The topological polar surface area (TPSA) is 40.2 Å². The number of nitrogens with zero attached hydrogens (tertiary/aromatic N) is 2. The molecule has 0 aliphatic carbocycles. The second kappa shape index (κ2) is 6.14. The molecule has 0 spiro atoms. The molecule has 1 fully saturated rings. The van der Waals surface area contributed by atoms with Crippen LogP contribution in [0.15, 0.2) is 6.07 Å². The van der Waals surface area contributed by atoms with Gasteiger partial charge in [0.25, 0.3) is 0 Å². The maximum atomic E-state index is 13.7. The maximum absolute atomic E-state index is 13.7. The van der Waals surface area contributed by atoms with Gasteiger partial charge in [-0.05, 0) is 39.9 Å². The molecule has 0 aromatic carbocycles. The molecule has 2 rings (SSSR count). The van der Waals surface area contributed by atoms with Gasteiger partial charge >= 0.3 is 0 Å². The average molecular weight is 270 g/mol. The highest BCUT2D eigenvalue weighted by atomic mass is 19.1. The summed E-state index contributed by atoms with van der Waals surface area (Å²) in [6, 6.07) is 1.07. The summed E-state index contributed by atoms with van der Waals surface area (Å²) in [7, 11) is 2.07. The zero-order chi connectivity index (χ0) is 13.8. The molecule has 1 aromatic rings. The fourth-order valence-electron chi connectivity index (χ4n) is 2.21. The molecule has 0 bridgehead atoms. The van der Waals surface area contributed by atoms with E-state index in [-0.39, 0.29) is 17.7 Å². The first-order valence-corrected chi connectivity index (χ1v) is 6.65. The van der Waals surface area contributed by atoms with Gasteiger partial charge in [-0.1, -0.05) is 0 Å². The number of hydrogen-bond acceptors (Lipinski definition) is 4. The molecule has 0 saturated carbocycles. The van der Waals surface area contributed by atoms with Gasteiger partial charge in [-0.2, -0.15) is 0 Å². The predicted molar refractivity (Wildman–Crippen MR) is 72.5 cm³/mol. The fourth-order valence-corrected chi connectivity index (χ4v) is 2.21. The molecule has 1 aliphatic heterocycles. The van der Waals surface area contributed by atoms with Crippen molar-refractivity contribution in [2.75, 3.05) is 37.3 Å². The first-order valence-electron chi connectivity index (χ1n) is 6.65. The zero-order valence-electron chi connectivity index (χ0n) is 11.3.